The molecular formula is C28H38N4O4S. The predicted molar refractivity (Wildman–Crippen MR) is 144 cm³/mol. The summed E-state index contributed by atoms with van der Waals surface area (Å²) in [6.07, 6.45) is 5.42. The van der Waals surface area contributed by atoms with Crippen molar-refractivity contribution in [3.05, 3.63) is 71.8 Å². The molecule has 1 aliphatic carbocycles. The first-order valence-electron chi connectivity index (χ1n) is 13.2. The topological polar surface area (TPSA) is 122 Å². The quantitative estimate of drug-likeness (QED) is 0.439. The van der Waals surface area contributed by atoms with E-state index < -0.39 is 22.1 Å². The number of hydrogen-bond acceptors (Lipinski definition) is 5. The molecule has 0 unspecified atom stereocenters. The number of likely N-dealkylation sites (tertiary alicyclic amines) is 1. The van der Waals surface area contributed by atoms with Gasteiger partial charge in [-0.05, 0) is 62.0 Å². The summed E-state index contributed by atoms with van der Waals surface area (Å²) in [5.41, 5.74) is 7.48. The number of nitrogens with two attached hydrogens (primary N) is 1. The Morgan fingerprint density at radius 1 is 0.919 bits per heavy atom. The van der Waals surface area contributed by atoms with Crippen molar-refractivity contribution in [2.45, 2.75) is 68.8 Å². The molecular weight excluding hydrogens is 488 g/mol. The fraction of sp³-hybridized carbons (Fsp3) is 0.500. The van der Waals surface area contributed by atoms with Crippen LogP contribution in [-0.4, -0.2) is 56.3 Å². The van der Waals surface area contributed by atoms with Crippen molar-refractivity contribution in [2.75, 3.05) is 13.1 Å². The molecule has 4 rings (SSSR count). The molecule has 0 spiro atoms. The zero-order valence-corrected chi connectivity index (χ0v) is 22.0. The number of benzene rings is 2. The van der Waals surface area contributed by atoms with Crippen LogP contribution < -0.4 is 15.8 Å². The number of carbonyl (C=O) groups excluding carboxylic acids is 2. The van der Waals surface area contributed by atoms with Crippen LogP contribution in [-0.2, 0) is 31.8 Å². The summed E-state index contributed by atoms with van der Waals surface area (Å²) in [6.45, 7) is 1.02. The maximum absolute atomic E-state index is 13.7. The standard InChI is InChI=1S/C28H38N4O4S/c29-24-15-13-22(14-16-24)19-30-27(33)26-12-7-17-32(26)28(34)25(18-21-8-3-1-4-9-21)31-37(35,36)20-23-10-5-2-6-11-23/h1-6,8-11,22,24-26,31H,7,12-20,29H2,(H,30,33)/t22-,24-,25-,26+/m1/s1. The summed E-state index contributed by atoms with van der Waals surface area (Å²) in [5, 5.41) is 3.05. The number of rotatable bonds is 10. The Bertz CT molecular complexity index is 1140. The highest BCUT2D eigenvalue weighted by atomic mass is 32.2. The maximum Gasteiger partial charge on any atom is 0.242 e. The van der Waals surface area contributed by atoms with Crippen molar-refractivity contribution in [2.24, 2.45) is 11.7 Å². The maximum atomic E-state index is 13.7. The molecule has 1 heterocycles. The van der Waals surface area contributed by atoms with Crippen molar-refractivity contribution in [1.29, 1.82) is 0 Å². The summed E-state index contributed by atoms with van der Waals surface area (Å²) in [5.74, 6) is -0.334. The molecule has 9 heteroatoms. The first-order valence-corrected chi connectivity index (χ1v) is 14.9. The minimum Gasteiger partial charge on any atom is -0.354 e. The SMILES string of the molecule is N[C@H]1CC[C@H](CNC(=O)[C@@H]2CCCN2C(=O)[C@@H](Cc2ccccc2)NS(=O)(=O)Cc2ccccc2)CC1. The Balaban J connectivity index is 1.45. The van der Waals surface area contributed by atoms with E-state index in [9.17, 15) is 18.0 Å². The Morgan fingerprint density at radius 3 is 2.19 bits per heavy atom. The Hall–Kier alpha value is -2.75. The van der Waals surface area contributed by atoms with Gasteiger partial charge in [0.1, 0.15) is 12.1 Å². The molecule has 2 aliphatic rings. The van der Waals surface area contributed by atoms with Gasteiger partial charge in [-0.1, -0.05) is 60.7 Å². The minimum absolute atomic E-state index is 0.161. The molecule has 37 heavy (non-hydrogen) atoms. The lowest BCUT2D eigenvalue weighted by Gasteiger charge is -2.30. The van der Waals surface area contributed by atoms with Gasteiger partial charge in [-0.25, -0.2) is 13.1 Å². The highest BCUT2D eigenvalue weighted by molar-refractivity contribution is 7.88. The Labute approximate surface area is 220 Å². The molecule has 0 radical (unpaired) electrons. The number of nitrogens with zero attached hydrogens (tertiary/aromatic N) is 1. The van der Waals surface area contributed by atoms with Crippen molar-refractivity contribution in [1.82, 2.24) is 14.9 Å². The van der Waals surface area contributed by atoms with E-state index >= 15 is 0 Å². The third kappa shape index (κ3) is 7.87. The van der Waals surface area contributed by atoms with Crippen LogP contribution in [0.2, 0.25) is 0 Å². The van der Waals surface area contributed by atoms with Crippen molar-refractivity contribution in [3.63, 3.8) is 0 Å². The van der Waals surface area contributed by atoms with Gasteiger partial charge in [-0.2, -0.15) is 0 Å². The van der Waals surface area contributed by atoms with Gasteiger partial charge in [0.15, 0.2) is 0 Å². The molecule has 200 valence electrons. The molecule has 1 saturated heterocycles. The highest BCUT2D eigenvalue weighted by Gasteiger charge is 2.38. The van der Waals surface area contributed by atoms with E-state index in [0.717, 1.165) is 31.2 Å². The molecule has 2 atom stereocenters. The smallest absolute Gasteiger partial charge is 0.242 e. The zero-order chi connectivity index (χ0) is 26.3. The number of carbonyl (C=O) groups is 2. The van der Waals surface area contributed by atoms with E-state index in [-0.39, 0.29) is 30.0 Å². The monoisotopic (exact) mass is 526 g/mol. The normalized spacial score (nSPS) is 22.9. The second-order valence-corrected chi connectivity index (χ2v) is 12.1. The Morgan fingerprint density at radius 2 is 1.54 bits per heavy atom. The van der Waals surface area contributed by atoms with Gasteiger partial charge < -0.3 is 16.0 Å². The first kappa shape index (κ1) is 27.3. The summed E-state index contributed by atoms with van der Waals surface area (Å²) < 4.78 is 28.8. The third-order valence-corrected chi connectivity index (χ3v) is 8.75. The van der Waals surface area contributed by atoms with Crippen molar-refractivity contribution < 1.29 is 18.0 Å². The molecule has 1 aliphatic heterocycles. The number of sulfonamides is 1. The molecule has 0 aromatic heterocycles. The molecule has 2 aromatic rings. The van der Waals surface area contributed by atoms with Crippen molar-refractivity contribution in [3.8, 4) is 0 Å². The van der Waals surface area contributed by atoms with Gasteiger partial charge in [-0.15, -0.1) is 0 Å². The summed E-state index contributed by atoms with van der Waals surface area (Å²) in [7, 11) is -3.80. The van der Waals surface area contributed by atoms with Gasteiger partial charge in [0, 0.05) is 19.1 Å². The van der Waals surface area contributed by atoms with Crippen LogP contribution in [0.4, 0.5) is 0 Å². The molecule has 4 N–H and O–H groups in total. The fourth-order valence-electron chi connectivity index (χ4n) is 5.34. The number of nitrogens with one attached hydrogen (secondary N) is 2. The summed E-state index contributed by atoms with van der Waals surface area (Å²) in [6, 6.07) is 16.9. The molecule has 2 aromatic carbocycles. The van der Waals surface area contributed by atoms with E-state index in [2.05, 4.69) is 10.0 Å². The van der Waals surface area contributed by atoms with Crippen LogP contribution in [0.25, 0.3) is 0 Å². The van der Waals surface area contributed by atoms with E-state index in [1.165, 1.54) is 0 Å². The lowest BCUT2D eigenvalue weighted by molar-refractivity contribution is -0.139. The van der Waals surface area contributed by atoms with Crippen LogP contribution in [0, 0.1) is 5.92 Å². The molecule has 1 saturated carbocycles. The molecule has 8 nitrogen and oxygen atoms in total. The van der Waals surface area contributed by atoms with Crippen LogP contribution in [0.3, 0.4) is 0 Å². The largest absolute Gasteiger partial charge is 0.354 e. The Kier molecular flexibility index (Phi) is 9.34. The average molecular weight is 527 g/mol. The van der Waals surface area contributed by atoms with E-state index in [4.69, 9.17) is 5.73 Å². The molecule has 2 fully saturated rings. The average Bonchev–Trinajstić information content (AvgIpc) is 3.38. The zero-order valence-electron chi connectivity index (χ0n) is 21.2. The number of hydrogen-bond donors (Lipinski definition) is 3. The van der Waals surface area contributed by atoms with Crippen LogP contribution in [0.1, 0.15) is 49.7 Å². The second-order valence-electron chi connectivity index (χ2n) is 10.3. The van der Waals surface area contributed by atoms with Gasteiger partial charge >= 0.3 is 0 Å². The van der Waals surface area contributed by atoms with Crippen LogP contribution in [0.5, 0.6) is 0 Å². The van der Waals surface area contributed by atoms with Gasteiger partial charge in [0.2, 0.25) is 21.8 Å². The minimum atomic E-state index is -3.80. The number of amides is 2. The first-order chi connectivity index (χ1) is 17.8. The van der Waals surface area contributed by atoms with Crippen molar-refractivity contribution >= 4 is 21.8 Å². The molecule has 0 bridgehead atoms. The lowest BCUT2D eigenvalue weighted by atomic mass is 9.86. The lowest BCUT2D eigenvalue weighted by Crippen LogP contribution is -2.54. The van der Waals surface area contributed by atoms with E-state index in [1.807, 2.05) is 36.4 Å². The van der Waals surface area contributed by atoms with Crippen LogP contribution >= 0.6 is 0 Å². The highest BCUT2D eigenvalue weighted by Crippen LogP contribution is 2.24. The second kappa shape index (κ2) is 12.7. The van der Waals surface area contributed by atoms with Gasteiger partial charge in [0.05, 0.1) is 5.75 Å². The van der Waals surface area contributed by atoms with Gasteiger partial charge in [-0.3, -0.25) is 9.59 Å². The van der Waals surface area contributed by atoms with Gasteiger partial charge in [0.25, 0.3) is 0 Å². The molecule has 2 amide bonds. The summed E-state index contributed by atoms with van der Waals surface area (Å²) >= 11 is 0. The fourth-order valence-corrected chi connectivity index (χ4v) is 6.67. The third-order valence-electron chi connectivity index (χ3n) is 7.40. The van der Waals surface area contributed by atoms with Crippen LogP contribution in [0.15, 0.2) is 60.7 Å². The predicted octanol–water partition coefficient (Wildman–Crippen LogP) is 2.34. The van der Waals surface area contributed by atoms with E-state index in [0.29, 0.717) is 37.4 Å². The van der Waals surface area contributed by atoms with E-state index in [1.54, 1.807) is 29.2 Å². The summed E-state index contributed by atoms with van der Waals surface area (Å²) in [4.78, 5) is 28.4.